The highest BCUT2D eigenvalue weighted by atomic mass is 16.4. The first-order chi connectivity index (χ1) is 39.1. The Kier molecular flexibility index (Phi) is 32.8. The van der Waals surface area contributed by atoms with Crippen LogP contribution in [0, 0.1) is 11.8 Å². The van der Waals surface area contributed by atoms with Crippen molar-refractivity contribution in [3.8, 4) is 0 Å². The molecule has 1 aliphatic rings. The summed E-state index contributed by atoms with van der Waals surface area (Å²) in [5, 5.41) is 62.5. The maximum Gasteiger partial charge on any atom is 0.328 e. The third kappa shape index (κ3) is 28.2. The van der Waals surface area contributed by atoms with Crippen LogP contribution in [0.2, 0.25) is 0 Å². The summed E-state index contributed by atoms with van der Waals surface area (Å²) in [5.41, 5.74) is 7.37. The average molecular weight is 1200 g/mol. The van der Waals surface area contributed by atoms with Crippen molar-refractivity contribution in [1.82, 2.24) is 53.2 Å². The van der Waals surface area contributed by atoms with E-state index < -0.39 is 168 Å². The smallest absolute Gasteiger partial charge is 0.328 e. The molecule has 0 unspecified atom stereocenters. The van der Waals surface area contributed by atoms with Gasteiger partial charge < -0.3 is 85.1 Å². The van der Waals surface area contributed by atoms with Crippen molar-refractivity contribution in [2.75, 3.05) is 13.2 Å². The summed E-state index contributed by atoms with van der Waals surface area (Å²) >= 11 is 0. The molecule has 0 aromatic carbocycles. The Balaban J connectivity index is 3.61. The fourth-order valence-electron chi connectivity index (χ4n) is 8.89. The van der Waals surface area contributed by atoms with Crippen LogP contribution in [-0.4, -0.2) is 176 Å². The first kappa shape index (κ1) is 74.5. The predicted octanol–water partition coefficient (Wildman–Crippen LogP) is -2.31. The molecule has 30 heteroatoms. The number of carbonyl (C=O) groups excluding carboxylic acids is 11. The zero-order valence-electron chi connectivity index (χ0n) is 49.6. The number of aliphatic carboxylic acids is 3. The Morgan fingerprint density at radius 2 is 1.17 bits per heavy atom. The maximum atomic E-state index is 14.4. The van der Waals surface area contributed by atoms with Crippen molar-refractivity contribution in [3.05, 3.63) is 0 Å². The molecule has 476 valence electrons. The zero-order chi connectivity index (χ0) is 64.1. The summed E-state index contributed by atoms with van der Waals surface area (Å²) in [4.78, 5) is 184. The SMILES string of the molecule is CC(C)C[C@H](NC(=O)[C@H](CC(=O)O)NC(=O)[C@]1(C)CCCCCCCCCCCC[C@](C)(NC(=O)CNC(=O)[C@@H](N)CCC(N)=O)C(=O)N[C@@H](CC(C)C)C(=O)N[C@@H](CC(=O)O)C(=O)N[C@@H](C)C(=O)N1)C(=O)N[C@@H](C)C(=O)N[C@@H](CO)C(=O)O. The molecule has 1 saturated heterocycles. The number of aliphatic hydroxyl groups excluding tert-OH is 1. The van der Waals surface area contributed by atoms with Gasteiger partial charge in [0.05, 0.1) is 32.0 Å². The number of carbonyl (C=O) groups is 14. The molecule has 1 heterocycles. The van der Waals surface area contributed by atoms with Gasteiger partial charge in [0.2, 0.25) is 65.0 Å². The lowest BCUT2D eigenvalue weighted by molar-refractivity contribution is -0.143. The molecular weight excluding hydrogens is 1100 g/mol. The summed E-state index contributed by atoms with van der Waals surface area (Å²) in [6.07, 6.45) is 4.16. The summed E-state index contributed by atoms with van der Waals surface area (Å²) < 4.78 is 0. The third-order valence-corrected chi connectivity index (χ3v) is 13.9. The highest BCUT2D eigenvalue weighted by Crippen LogP contribution is 2.21. The topological polar surface area (TPSA) is 492 Å². The molecule has 30 nitrogen and oxygen atoms in total. The normalized spacial score (nSPS) is 22.8. The van der Waals surface area contributed by atoms with Crippen LogP contribution in [0.5, 0.6) is 0 Å². The van der Waals surface area contributed by atoms with Crippen LogP contribution < -0.4 is 64.6 Å². The number of hydrogen-bond acceptors (Lipinski definition) is 16. The molecule has 84 heavy (non-hydrogen) atoms. The first-order valence-corrected chi connectivity index (χ1v) is 28.5. The molecule has 0 aromatic rings. The predicted molar refractivity (Wildman–Crippen MR) is 301 cm³/mol. The van der Waals surface area contributed by atoms with E-state index in [0.717, 1.165) is 32.1 Å². The summed E-state index contributed by atoms with van der Waals surface area (Å²) in [6.45, 7) is 10.4. The highest BCUT2D eigenvalue weighted by molar-refractivity contribution is 6.01. The number of hydrogen-bond donors (Lipinski definition) is 16. The van der Waals surface area contributed by atoms with Gasteiger partial charge >= 0.3 is 17.9 Å². The zero-order valence-corrected chi connectivity index (χ0v) is 49.6. The van der Waals surface area contributed by atoms with Gasteiger partial charge in [-0.05, 0) is 71.6 Å². The number of rotatable bonds is 25. The molecule has 18 N–H and O–H groups in total. The molecule has 10 atom stereocenters. The van der Waals surface area contributed by atoms with Gasteiger partial charge in [0, 0.05) is 6.42 Å². The fourth-order valence-corrected chi connectivity index (χ4v) is 8.89. The second-order valence-corrected chi connectivity index (χ2v) is 22.7. The highest BCUT2D eigenvalue weighted by Gasteiger charge is 2.41. The molecule has 0 radical (unpaired) electrons. The van der Waals surface area contributed by atoms with E-state index >= 15 is 0 Å². The van der Waals surface area contributed by atoms with Crippen LogP contribution in [0.15, 0.2) is 0 Å². The minimum Gasteiger partial charge on any atom is -0.481 e. The quantitative estimate of drug-likeness (QED) is 0.0457. The first-order valence-electron chi connectivity index (χ1n) is 28.5. The van der Waals surface area contributed by atoms with Gasteiger partial charge in [-0.25, -0.2) is 4.79 Å². The number of amides is 11. The van der Waals surface area contributed by atoms with Crippen LogP contribution in [0.25, 0.3) is 0 Å². The molecule has 1 fully saturated rings. The largest absolute Gasteiger partial charge is 0.481 e. The van der Waals surface area contributed by atoms with Gasteiger partial charge in [-0.1, -0.05) is 91.9 Å². The molecule has 0 spiro atoms. The van der Waals surface area contributed by atoms with Crippen molar-refractivity contribution < 1.29 is 87.5 Å². The summed E-state index contributed by atoms with van der Waals surface area (Å²) in [6, 6.07) is -12.4. The van der Waals surface area contributed by atoms with Gasteiger partial charge in [0.1, 0.15) is 53.4 Å². The van der Waals surface area contributed by atoms with Gasteiger partial charge in [-0.3, -0.25) is 62.3 Å². The maximum absolute atomic E-state index is 14.4. The lowest BCUT2D eigenvalue weighted by Crippen LogP contribution is -2.64. The minimum absolute atomic E-state index is 0.0471. The molecule has 0 aliphatic carbocycles. The number of primary amides is 1. The van der Waals surface area contributed by atoms with Crippen molar-refractivity contribution >= 4 is 82.9 Å². The molecule has 1 rings (SSSR count). The van der Waals surface area contributed by atoms with Crippen molar-refractivity contribution in [1.29, 1.82) is 0 Å². The summed E-state index contributed by atoms with van der Waals surface area (Å²) in [7, 11) is 0. The number of aliphatic hydroxyl groups is 1. The van der Waals surface area contributed by atoms with Gasteiger partial charge in [-0.2, -0.15) is 0 Å². The van der Waals surface area contributed by atoms with E-state index in [2.05, 4.69) is 53.2 Å². The molecule has 0 saturated carbocycles. The van der Waals surface area contributed by atoms with Crippen molar-refractivity contribution in [3.63, 3.8) is 0 Å². The number of nitrogens with one attached hydrogen (secondary N) is 10. The van der Waals surface area contributed by atoms with Gasteiger partial charge in [0.15, 0.2) is 0 Å². The number of carboxylic acids is 3. The van der Waals surface area contributed by atoms with E-state index in [1.807, 2.05) is 0 Å². The summed E-state index contributed by atoms with van der Waals surface area (Å²) in [5.74, 6) is -15.6. The van der Waals surface area contributed by atoms with Crippen molar-refractivity contribution in [2.45, 2.75) is 230 Å². The van der Waals surface area contributed by atoms with Crippen molar-refractivity contribution in [2.24, 2.45) is 23.3 Å². The number of nitrogens with two attached hydrogens (primary N) is 2. The van der Waals surface area contributed by atoms with Gasteiger partial charge in [0.25, 0.3) is 0 Å². The van der Waals surface area contributed by atoms with Crippen LogP contribution in [-0.2, 0) is 67.1 Å². The van der Waals surface area contributed by atoms with Crippen LogP contribution in [0.4, 0.5) is 0 Å². The monoisotopic (exact) mass is 1200 g/mol. The minimum atomic E-state index is -1.93. The van der Waals surface area contributed by atoms with Crippen LogP contribution in [0.1, 0.15) is 171 Å². The van der Waals surface area contributed by atoms with E-state index in [4.69, 9.17) is 11.5 Å². The lowest BCUT2D eigenvalue weighted by atomic mass is 9.91. The third-order valence-electron chi connectivity index (χ3n) is 13.9. The molecular formula is C54H92N12O18. The average Bonchev–Trinajstić information content (AvgIpc) is 3.29. The molecule has 1 aliphatic heterocycles. The lowest BCUT2D eigenvalue weighted by Gasteiger charge is -2.33. The Hall–Kier alpha value is -7.50. The van der Waals surface area contributed by atoms with E-state index in [0.29, 0.717) is 32.1 Å². The Bertz CT molecular complexity index is 2320. The van der Waals surface area contributed by atoms with E-state index in [1.165, 1.54) is 27.7 Å². The molecule has 11 amide bonds. The standard InChI is InChI=1S/C54H92N12O18/c1-29(2)23-34(46(77)58-31(5)43(74)62-38(28-67)50(81)82)60-49(80)37(26-42(72)73)64-52(84)54(8)22-18-16-14-12-10-9-11-13-15-17-21-53(7,65-40(69)27-57-45(76)33(55)19-20-39(56)68)51(83)63-35(24-30(3)4)48(79)61-36(25-41(70)71)47(78)59-32(6)44(75)66-54/h29-38,67H,9-28,55H2,1-8H3,(H2,56,68)(H,57,76)(H,58,77)(H,59,78)(H,60,80)(H,61,79)(H,62,74)(H,63,83)(H,64,84)(H,65,69)(H,66,75)(H,70,71)(H,72,73)(H,81,82)/t31-,32-,33-,34-,35-,36-,37-,38-,53-,54-/m0/s1. The van der Waals surface area contributed by atoms with Gasteiger partial charge in [-0.15, -0.1) is 0 Å². The fraction of sp³-hybridized carbons (Fsp3) is 0.741. The second kappa shape index (κ2) is 36.9. The molecule has 0 bridgehead atoms. The Morgan fingerprint density at radius 1 is 0.631 bits per heavy atom. The molecule has 0 aromatic heterocycles. The second-order valence-electron chi connectivity index (χ2n) is 22.7. The van der Waals surface area contributed by atoms with Crippen LogP contribution >= 0.6 is 0 Å². The van der Waals surface area contributed by atoms with E-state index in [-0.39, 0.29) is 50.4 Å². The Morgan fingerprint density at radius 3 is 1.68 bits per heavy atom. The van der Waals surface area contributed by atoms with Crippen LogP contribution in [0.3, 0.4) is 0 Å². The van der Waals surface area contributed by atoms with E-state index in [1.54, 1.807) is 27.7 Å². The van der Waals surface area contributed by atoms with E-state index in [9.17, 15) is 87.5 Å². The Labute approximate surface area is 489 Å². The number of carboxylic acid groups (broad SMARTS) is 3.